The van der Waals surface area contributed by atoms with E-state index in [4.69, 9.17) is 5.73 Å². The zero-order valence-electron chi connectivity index (χ0n) is 8.97. The highest BCUT2D eigenvalue weighted by atomic mass is 16.1. The average molecular weight is 186 g/mol. The molecule has 2 atom stereocenters. The Hall–Kier alpha value is -0.570. The highest BCUT2D eigenvalue weighted by molar-refractivity contribution is 5.74. The monoisotopic (exact) mass is 186 g/mol. The van der Waals surface area contributed by atoms with E-state index in [-0.39, 0.29) is 11.9 Å². The summed E-state index contributed by atoms with van der Waals surface area (Å²) in [6.07, 6.45) is 2.75. The van der Waals surface area contributed by atoms with Gasteiger partial charge in [0.05, 0.1) is 0 Å². The van der Waals surface area contributed by atoms with Gasteiger partial charge in [0.1, 0.15) is 0 Å². The van der Waals surface area contributed by atoms with Crippen LogP contribution in [-0.4, -0.2) is 18.5 Å². The van der Waals surface area contributed by atoms with Crippen LogP contribution in [0, 0.1) is 5.92 Å². The molecule has 0 aromatic heterocycles. The Bertz CT molecular complexity index is 148. The van der Waals surface area contributed by atoms with Crippen LogP contribution in [0.5, 0.6) is 0 Å². The summed E-state index contributed by atoms with van der Waals surface area (Å²) in [5.41, 5.74) is 5.18. The summed E-state index contributed by atoms with van der Waals surface area (Å²) >= 11 is 0. The molecule has 0 saturated carbocycles. The first-order chi connectivity index (χ1) is 6.11. The summed E-state index contributed by atoms with van der Waals surface area (Å²) in [4.78, 5) is 10.8. The largest absolute Gasteiger partial charge is 0.370 e. The van der Waals surface area contributed by atoms with E-state index in [1.165, 1.54) is 0 Å². The minimum Gasteiger partial charge on any atom is -0.370 e. The van der Waals surface area contributed by atoms with E-state index in [0.29, 0.717) is 12.3 Å². The molecule has 0 radical (unpaired) electrons. The molecule has 2 unspecified atom stereocenters. The van der Waals surface area contributed by atoms with Crippen LogP contribution in [-0.2, 0) is 4.79 Å². The summed E-state index contributed by atoms with van der Waals surface area (Å²) in [5, 5.41) is 3.30. The summed E-state index contributed by atoms with van der Waals surface area (Å²) in [6, 6.07) is 0.252. The Balaban J connectivity index is 3.97. The van der Waals surface area contributed by atoms with Crippen molar-refractivity contribution in [2.45, 2.75) is 46.1 Å². The van der Waals surface area contributed by atoms with Gasteiger partial charge in [0, 0.05) is 12.5 Å². The van der Waals surface area contributed by atoms with E-state index >= 15 is 0 Å². The van der Waals surface area contributed by atoms with Crippen molar-refractivity contribution in [1.29, 1.82) is 0 Å². The van der Waals surface area contributed by atoms with Crippen molar-refractivity contribution in [3.8, 4) is 0 Å². The number of carbonyl (C=O) groups excluding carboxylic acids is 1. The summed E-state index contributed by atoms with van der Waals surface area (Å²) in [6.45, 7) is 7.27. The van der Waals surface area contributed by atoms with Crippen molar-refractivity contribution in [2.24, 2.45) is 11.7 Å². The van der Waals surface area contributed by atoms with Gasteiger partial charge in [-0.15, -0.1) is 0 Å². The third-order valence-electron chi connectivity index (χ3n) is 2.32. The van der Waals surface area contributed by atoms with Gasteiger partial charge >= 0.3 is 0 Å². The van der Waals surface area contributed by atoms with Gasteiger partial charge in [0.2, 0.25) is 5.91 Å². The van der Waals surface area contributed by atoms with Crippen LogP contribution in [0.4, 0.5) is 0 Å². The van der Waals surface area contributed by atoms with Crippen LogP contribution < -0.4 is 11.1 Å². The number of nitrogens with one attached hydrogen (secondary N) is 1. The highest BCUT2D eigenvalue weighted by Crippen LogP contribution is 2.13. The third-order valence-corrected chi connectivity index (χ3v) is 2.32. The number of rotatable bonds is 7. The molecule has 0 aliphatic heterocycles. The number of nitrogens with two attached hydrogens (primary N) is 1. The molecule has 0 rings (SSSR count). The van der Waals surface area contributed by atoms with E-state index in [1.807, 2.05) is 6.92 Å². The molecular weight excluding hydrogens is 164 g/mol. The van der Waals surface area contributed by atoms with Gasteiger partial charge in [-0.3, -0.25) is 4.79 Å². The maximum Gasteiger partial charge on any atom is 0.218 e. The Morgan fingerprint density at radius 3 is 2.46 bits per heavy atom. The maximum absolute atomic E-state index is 10.8. The lowest BCUT2D eigenvalue weighted by atomic mass is 9.94. The van der Waals surface area contributed by atoms with Gasteiger partial charge in [-0.2, -0.15) is 0 Å². The van der Waals surface area contributed by atoms with Crippen molar-refractivity contribution in [3.63, 3.8) is 0 Å². The molecule has 78 valence electrons. The van der Waals surface area contributed by atoms with Crippen LogP contribution in [0.15, 0.2) is 0 Å². The summed E-state index contributed by atoms with van der Waals surface area (Å²) in [7, 11) is 0. The van der Waals surface area contributed by atoms with Gasteiger partial charge in [0.15, 0.2) is 0 Å². The van der Waals surface area contributed by atoms with Gasteiger partial charge in [-0.25, -0.2) is 0 Å². The minimum atomic E-state index is -0.214. The van der Waals surface area contributed by atoms with E-state index in [9.17, 15) is 4.79 Å². The van der Waals surface area contributed by atoms with E-state index in [0.717, 1.165) is 19.4 Å². The first-order valence-electron chi connectivity index (χ1n) is 5.13. The Kier molecular flexibility index (Phi) is 6.59. The zero-order chi connectivity index (χ0) is 10.3. The molecule has 0 aromatic rings. The average Bonchev–Trinajstić information content (AvgIpc) is 2.03. The molecule has 0 bridgehead atoms. The second kappa shape index (κ2) is 6.89. The standard InChI is InChI=1S/C10H22N2O/c1-4-6-8(3)9(12-5-2)7-10(11)13/h8-9,12H,4-7H2,1-3H3,(H2,11,13). The predicted molar refractivity (Wildman–Crippen MR) is 55.3 cm³/mol. The van der Waals surface area contributed by atoms with Crippen LogP contribution in [0.25, 0.3) is 0 Å². The lowest BCUT2D eigenvalue weighted by molar-refractivity contribution is -0.118. The Morgan fingerprint density at radius 1 is 1.46 bits per heavy atom. The molecule has 3 nitrogen and oxygen atoms in total. The molecule has 3 heteroatoms. The Morgan fingerprint density at radius 2 is 2.08 bits per heavy atom. The second-order valence-corrected chi connectivity index (χ2v) is 3.60. The van der Waals surface area contributed by atoms with Gasteiger partial charge < -0.3 is 11.1 Å². The molecule has 1 amide bonds. The number of carbonyl (C=O) groups is 1. The molecule has 13 heavy (non-hydrogen) atoms. The fourth-order valence-electron chi connectivity index (χ4n) is 1.61. The lowest BCUT2D eigenvalue weighted by Gasteiger charge is -2.23. The number of primary amides is 1. The molecule has 0 heterocycles. The van der Waals surface area contributed by atoms with Crippen molar-refractivity contribution in [3.05, 3.63) is 0 Å². The van der Waals surface area contributed by atoms with Crippen molar-refractivity contribution < 1.29 is 4.79 Å². The fraction of sp³-hybridized carbons (Fsp3) is 0.900. The topological polar surface area (TPSA) is 55.1 Å². The van der Waals surface area contributed by atoms with Gasteiger partial charge in [-0.05, 0) is 18.9 Å². The summed E-state index contributed by atoms with van der Waals surface area (Å²) < 4.78 is 0. The fourth-order valence-corrected chi connectivity index (χ4v) is 1.61. The highest BCUT2D eigenvalue weighted by Gasteiger charge is 2.17. The number of hydrogen-bond acceptors (Lipinski definition) is 2. The molecule has 0 aliphatic carbocycles. The van der Waals surface area contributed by atoms with Crippen LogP contribution in [0.1, 0.15) is 40.0 Å². The minimum absolute atomic E-state index is 0.214. The number of amides is 1. The number of hydrogen-bond donors (Lipinski definition) is 2. The van der Waals surface area contributed by atoms with Crippen LogP contribution in [0.3, 0.4) is 0 Å². The smallest absolute Gasteiger partial charge is 0.218 e. The van der Waals surface area contributed by atoms with E-state index < -0.39 is 0 Å². The molecule has 0 spiro atoms. The predicted octanol–water partition coefficient (Wildman–Crippen LogP) is 1.28. The normalized spacial score (nSPS) is 15.3. The molecule has 0 aromatic carbocycles. The Labute approximate surface area is 81.1 Å². The first kappa shape index (κ1) is 12.4. The van der Waals surface area contributed by atoms with Gasteiger partial charge in [0.25, 0.3) is 0 Å². The van der Waals surface area contributed by atoms with E-state index in [2.05, 4.69) is 19.2 Å². The molecule has 3 N–H and O–H groups in total. The van der Waals surface area contributed by atoms with Crippen LogP contribution >= 0.6 is 0 Å². The van der Waals surface area contributed by atoms with Crippen LogP contribution in [0.2, 0.25) is 0 Å². The SMILES string of the molecule is CCCC(C)C(CC(N)=O)NCC. The molecule has 0 aliphatic rings. The molecule has 0 saturated heterocycles. The van der Waals surface area contributed by atoms with Crippen molar-refractivity contribution in [1.82, 2.24) is 5.32 Å². The molecular formula is C10H22N2O. The quantitative estimate of drug-likeness (QED) is 0.629. The van der Waals surface area contributed by atoms with E-state index in [1.54, 1.807) is 0 Å². The maximum atomic E-state index is 10.8. The zero-order valence-corrected chi connectivity index (χ0v) is 8.97. The van der Waals surface area contributed by atoms with Crippen molar-refractivity contribution >= 4 is 5.91 Å². The van der Waals surface area contributed by atoms with Gasteiger partial charge in [-0.1, -0.05) is 27.2 Å². The summed E-state index contributed by atoms with van der Waals surface area (Å²) in [5.74, 6) is 0.311. The third kappa shape index (κ3) is 5.64. The first-order valence-corrected chi connectivity index (χ1v) is 5.13. The lowest BCUT2D eigenvalue weighted by Crippen LogP contribution is -2.38. The second-order valence-electron chi connectivity index (χ2n) is 3.60. The van der Waals surface area contributed by atoms with Crippen molar-refractivity contribution in [2.75, 3.05) is 6.54 Å². The molecule has 0 fully saturated rings.